The molecular formula is C13H14NO4-. The molecule has 1 amide bonds. The summed E-state index contributed by atoms with van der Waals surface area (Å²) in [6.07, 6.45) is 5.91. The summed E-state index contributed by atoms with van der Waals surface area (Å²) in [5.41, 5.74) is 0. The first kappa shape index (κ1) is 12.4. The molecule has 0 radical (unpaired) electrons. The average molecular weight is 248 g/mol. The molecule has 1 aliphatic carbocycles. The minimum atomic E-state index is -1.17. The fraction of sp³-hybridized carbons (Fsp3) is 0.385. The number of carbonyl (C=O) groups is 2. The second kappa shape index (κ2) is 5.53. The van der Waals surface area contributed by atoms with Crippen molar-refractivity contribution in [2.75, 3.05) is 0 Å². The molecule has 96 valence electrons. The van der Waals surface area contributed by atoms with Crippen molar-refractivity contribution in [1.29, 1.82) is 0 Å². The van der Waals surface area contributed by atoms with Crippen LogP contribution in [-0.2, 0) is 16.1 Å². The zero-order valence-electron chi connectivity index (χ0n) is 9.80. The van der Waals surface area contributed by atoms with Crippen LogP contribution in [0.5, 0.6) is 0 Å². The summed E-state index contributed by atoms with van der Waals surface area (Å²) >= 11 is 0. The summed E-state index contributed by atoms with van der Waals surface area (Å²) in [4.78, 5) is 22.9. The quantitative estimate of drug-likeness (QED) is 0.773. The molecule has 18 heavy (non-hydrogen) atoms. The maximum Gasteiger partial charge on any atom is 0.224 e. The standard InChI is InChI=1S/C13H15NO4/c15-12(14-8-9-4-3-7-18-9)10-5-1-2-6-11(10)13(16)17/h1-4,7,10-11H,5-6,8H2,(H,14,15)(H,16,17)/p-1/t10-,11-/m0/s1. The zero-order chi connectivity index (χ0) is 13.0. The first-order valence-electron chi connectivity index (χ1n) is 5.84. The largest absolute Gasteiger partial charge is 0.550 e. The van der Waals surface area contributed by atoms with Gasteiger partial charge in [0.2, 0.25) is 5.91 Å². The Labute approximate surface area is 104 Å². The Kier molecular flexibility index (Phi) is 3.82. The van der Waals surface area contributed by atoms with Crippen molar-refractivity contribution in [1.82, 2.24) is 5.32 Å². The number of aliphatic carboxylic acids is 1. The Morgan fingerprint density at radius 1 is 1.33 bits per heavy atom. The van der Waals surface area contributed by atoms with Gasteiger partial charge in [-0.1, -0.05) is 12.2 Å². The Morgan fingerprint density at radius 2 is 2.06 bits per heavy atom. The van der Waals surface area contributed by atoms with Gasteiger partial charge >= 0.3 is 0 Å². The van der Waals surface area contributed by atoms with Gasteiger partial charge in [-0.05, 0) is 25.0 Å². The average Bonchev–Trinajstić information content (AvgIpc) is 2.89. The fourth-order valence-corrected chi connectivity index (χ4v) is 2.08. The molecule has 1 heterocycles. The maximum absolute atomic E-state index is 11.9. The van der Waals surface area contributed by atoms with E-state index in [4.69, 9.17) is 4.42 Å². The number of amides is 1. The Hall–Kier alpha value is -2.04. The molecule has 2 rings (SSSR count). The third kappa shape index (κ3) is 2.80. The lowest BCUT2D eigenvalue weighted by Gasteiger charge is -2.28. The van der Waals surface area contributed by atoms with Crippen molar-refractivity contribution in [2.24, 2.45) is 11.8 Å². The van der Waals surface area contributed by atoms with Gasteiger partial charge in [-0.3, -0.25) is 4.79 Å². The second-order valence-electron chi connectivity index (χ2n) is 4.27. The normalized spacial score (nSPS) is 22.7. The molecule has 0 saturated carbocycles. The Balaban J connectivity index is 1.94. The molecule has 1 aromatic heterocycles. The van der Waals surface area contributed by atoms with Gasteiger partial charge in [0.1, 0.15) is 5.76 Å². The number of carbonyl (C=O) groups excluding carboxylic acids is 2. The van der Waals surface area contributed by atoms with E-state index in [2.05, 4.69) is 5.32 Å². The lowest BCUT2D eigenvalue weighted by atomic mass is 9.82. The van der Waals surface area contributed by atoms with Crippen molar-refractivity contribution < 1.29 is 19.1 Å². The lowest BCUT2D eigenvalue weighted by Crippen LogP contribution is -2.43. The molecule has 0 spiro atoms. The molecule has 5 heteroatoms. The van der Waals surface area contributed by atoms with Crippen LogP contribution in [0.2, 0.25) is 0 Å². The van der Waals surface area contributed by atoms with Gasteiger partial charge in [0.25, 0.3) is 0 Å². The molecule has 0 bridgehead atoms. The van der Waals surface area contributed by atoms with Crippen LogP contribution in [0.25, 0.3) is 0 Å². The highest BCUT2D eigenvalue weighted by Gasteiger charge is 2.29. The van der Waals surface area contributed by atoms with E-state index >= 15 is 0 Å². The SMILES string of the molecule is O=C([O-])[C@H]1CC=CC[C@@H]1C(=O)NCc1ccco1. The molecule has 0 aliphatic heterocycles. The number of nitrogens with one attached hydrogen (secondary N) is 1. The van der Waals surface area contributed by atoms with Crippen LogP contribution in [0.15, 0.2) is 35.0 Å². The lowest BCUT2D eigenvalue weighted by molar-refractivity contribution is -0.313. The van der Waals surface area contributed by atoms with Gasteiger partial charge < -0.3 is 19.6 Å². The molecule has 0 aromatic carbocycles. The van der Waals surface area contributed by atoms with E-state index in [0.717, 1.165) is 0 Å². The maximum atomic E-state index is 11.9. The minimum Gasteiger partial charge on any atom is -0.550 e. The van der Waals surface area contributed by atoms with Gasteiger partial charge in [0, 0.05) is 17.8 Å². The van der Waals surface area contributed by atoms with Crippen LogP contribution in [-0.4, -0.2) is 11.9 Å². The van der Waals surface area contributed by atoms with E-state index in [0.29, 0.717) is 18.6 Å². The van der Waals surface area contributed by atoms with Crippen molar-refractivity contribution in [3.05, 3.63) is 36.3 Å². The van der Waals surface area contributed by atoms with E-state index in [1.807, 2.05) is 6.08 Å². The van der Waals surface area contributed by atoms with Gasteiger partial charge in [-0.25, -0.2) is 0 Å². The van der Waals surface area contributed by atoms with E-state index in [9.17, 15) is 14.7 Å². The van der Waals surface area contributed by atoms with Crippen molar-refractivity contribution >= 4 is 11.9 Å². The highest BCUT2D eigenvalue weighted by Crippen LogP contribution is 2.25. The molecule has 1 N–H and O–H groups in total. The first-order valence-corrected chi connectivity index (χ1v) is 5.84. The summed E-state index contributed by atoms with van der Waals surface area (Å²) < 4.78 is 5.09. The minimum absolute atomic E-state index is 0.270. The van der Waals surface area contributed by atoms with Gasteiger partial charge in [-0.15, -0.1) is 0 Å². The van der Waals surface area contributed by atoms with E-state index < -0.39 is 17.8 Å². The summed E-state index contributed by atoms with van der Waals surface area (Å²) in [5, 5.41) is 13.6. The van der Waals surface area contributed by atoms with Gasteiger partial charge in [0.05, 0.1) is 12.8 Å². The van der Waals surface area contributed by atoms with Gasteiger partial charge in [-0.2, -0.15) is 0 Å². The van der Waals surface area contributed by atoms with E-state index in [1.165, 1.54) is 6.26 Å². The third-order valence-corrected chi connectivity index (χ3v) is 3.09. The van der Waals surface area contributed by atoms with Crippen molar-refractivity contribution in [3.63, 3.8) is 0 Å². The Morgan fingerprint density at radius 3 is 2.67 bits per heavy atom. The molecule has 0 fully saturated rings. The van der Waals surface area contributed by atoms with Crippen LogP contribution in [0.3, 0.4) is 0 Å². The van der Waals surface area contributed by atoms with Crippen LogP contribution < -0.4 is 10.4 Å². The number of allylic oxidation sites excluding steroid dienone is 2. The number of rotatable bonds is 4. The molecule has 2 atom stereocenters. The fourth-order valence-electron chi connectivity index (χ4n) is 2.08. The number of furan rings is 1. The summed E-state index contributed by atoms with van der Waals surface area (Å²) in [5.74, 6) is -2.11. The van der Waals surface area contributed by atoms with E-state index in [1.54, 1.807) is 18.2 Å². The summed E-state index contributed by atoms with van der Waals surface area (Å²) in [6, 6.07) is 3.48. The number of carboxylic acid groups (broad SMARTS) is 1. The van der Waals surface area contributed by atoms with Crippen molar-refractivity contribution in [3.8, 4) is 0 Å². The summed E-state index contributed by atoms with van der Waals surface area (Å²) in [6.45, 7) is 0.270. The smallest absolute Gasteiger partial charge is 0.224 e. The number of carboxylic acids is 1. The predicted octanol–water partition coefficient (Wildman–Crippen LogP) is 0.228. The first-order chi connectivity index (χ1) is 8.68. The second-order valence-corrected chi connectivity index (χ2v) is 4.27. The third-order valence-electron chi connectivity index (χ3n) is 3.09. The van der Waals surface area contributed by atoms with Gasteiger partial charge in [0.15, 0.2) is 0 Å². The van der Waals surface area contributed by atoms with Crippen LogP contribution in [0.4, 0.5) is 0 Å². The Bertz CT molecular complexity index is 450. The van der Waals surface area contributed by atoms with E-state index in [-0.39, 0.29) is 12.5 Å². The molecular weight excluding hydrogens is 234 g/mol. The number of hydrogen-bond acceptors (Lipinski definition) is 4. The highest BCUT2D eigenvalue weighted by atomic mass is 16.4. The molecule has 0 saturated heterocycles. The van der Waals surface area contributed by atoms with Crippen LogP contribution in [0.1, 0.15) is 18.6 Å². The van der Waals surface area contributed by atoms with Crippen LogP contribution >= 0.6 is 0 Å². The predicted molar refractivity (Wildman–Crippen MR) is 60.9 cm³/mol. The highest BCUT2D eigenvalue weighted by molar-refractivity contribution is 5.84. The zero-order valence-corrected chi connectivity index (χ0v) is 9.80. The number of hydrogen-bond donors (Lipinski definition) is 1. The van der Waals surface area contributed by atoms with Crippen molar-refractivity contribution in [2.45, 2.75) is 19.4 Å². The molecule has 5 nitrogen and oxygen atoms in total. The summed E-state index contributed by atoms with van der Waals surface area (Å²) in [7, 11) is 0. The van der Waals surface area contributed by atoms with Crippen LogP contribution in [0, 0.1) is 11.8 Å². The monoisotopic (exact) mass is 248 g/mol. The topological polar surface area (TPSA) is 82.4 Å². The molecule has 0 unspecified atom stereocenters. The molecule has 1 aromatic rings. The molecule has 1 aliphatic rings.